The molecule has 0 heterocycles. The maximum Gasteiger partial charge on any atom is 0.317 e. The molecule has 6 nitrogen and oxygen atoms in total. The fourth-order valence-corrected chi connectivity index (χ4v) is 1.88. The number of hydrogen-bond donors (Lipinski definition) is 2. The van der Waals surface area contributed by atoms with E-state index in [0.717, 1.165) is 5.56 Å². The van der Waals surface area contributed by atoms with E-state index in [1.807, 2.05) is 6.92 Å². The Kier molecular flexibility index (Phi) is 7.14. The van der Waals surface area contributed by atoms with Gasteiger partial charge in [-0.25, -0.2) is 0 Å². The van der Waals surface area contributed by atoms with Crippen LogP contribution in [0.15, 0.2) is 18.2 Å². The summed E-state index contributed by atoms with van der Waals surface area (Å²) < 4.78 is 4.90. The summed E-state index contributed by atoms with van der Waals surface area (Å²) in [5, 5.41) is 12.1. The molecular weight excluding hydrogens is 296 g/mol. The van der Waals surface area contributed by atoms with E-state index in [2.05, 4.69) is 5.32 Å². The molecule has 0 saturated carbocycles. The first-order valence-electron chi connectivity index (χ1n) is 6.41. The molecule has 1 aromatic rings. The van der Waals surface area contributed by atoms with Crippen LogP contribution in [-0.4, -0.2) is 55.2 Å². The lowest BCUT2D eigenvalue weighted by Gasteiger charge is -2.19. The maximum atomic E-state index is 11.9. The topological polar surface area (TPSA) is 78.9 Å². The number of methoxy groups -OCH3 is 1. The van der Waals surface area contributed by atoms with Gasteiger partial charge in [0.25, 0.3) is 0 Å². The zero-order chi connectivity index (χ0) is 15.8. The van der Waals surface area contributed by atoms with Crippen LogP contribution in [0.4, 0.5) is 5.69 Å². The van der Waals surface area contributed by atoms with Crippen molar-refractivity contribution in [3.63, 3.8) is 0 Å². The van der Waals surface area contributed by atoms with Crippen LogP contribution in [-0.2, 0) is 14.3 Å². The fourth-order valence-electron chi connectivity index (χ4n) is 1.70. The number of carboxylic acid groups (broad SMARTS) is 1. The van der Waals surface area contributed by atoms with Crippen LogP contribution < -0.4 is 5.32 Å². The number of amides is 1. The molecular formula is C14H19ClN2O4. The average Bonchev–Trinajstić information content (AvgIpc) is 2.39. The Morgan fingerprint density at radius 3 is 2.67 bits per heavy atom. The van der Waals surface area contributed by atoms with Crippen LogP contribution in [0.2, 0.25) is 5.02 Å². The van der Waals surface area contributed by atoms with Gasteiger partial charge < -0.3 is 15.2 Å². The monoisotopic (exact) mass is 314 g/mol. The Balaban J connectivity index is 2.59. The number of anilines is 1. The Morgan fingerprint density at radius 2 is 2.10 bits per heavy atom. The third kappa shape index (κ3) is 6.57. The van der Waals surface area contributed by atoms with Gasteiger partial charge >= 0.3 is 5.97 Å². The van der Waals surface area contributed by atoms with Gasteiger partial charge in [0.05, 0.1) is 19.7 Å². The summed E-state index contributed by atoms with van der Waals surface area (Å²) in [6.45, 7) is 2.35. The average molecular weight is 315 g/mol. The van der Waals surface area contributed by atoms with Crippen LogP contribution >= 0.6 is 11.6 Å². The number of carboxylic acids is 1. The minimum atomic E-state index is -0.989. The summed E-state index contributed by atoms with van der Waals surface area (Å²) in [5.74, 6) is -1.29. The normalized spacial score (nSPS) is 10.7. The molecule has 1 amide bonds. The van der Waals surface area contributed by atoms with Crippen molar-refractivity contribution in [2.75, 3.05) is 38.7 Å². The Hall–Kier alpha value is -1.63. The van der Waals surface area contributed by atoms with Gasteiger partial charge in [-0.15, -0.1) is 0 Å². The molecule has 0 unspecified atom stereocenters. The number of rotatable bonds is 8. The predicted octanol–water partition coefficient (Wildman–Crippen LogP) is 1.62. The van der Waals surface area contributed by atoms with Crippen LogP contribution in [0.3, 0.4) is 0 Å². The molecule has 2 N–H and O–H groups in total. The lowest BCUT2D eigenvalue weighted by Crippen LogP contribution is -2.38. The zero-order valence-corrected chi connectivity index (χ0v) is 12.8. The summed E-state index contributed by atoms with van der Waals surface area (Å²) in [6, 6.07) is 5.21. The van der Waals surface area contributed by atoms with Gasteiger partial charge in [-0.1, -0.05) is 17.7 Å². The number of nitrogens with zero attached hydrogens (tertiary/aromatic N) is 1. The van der Waals surface area contributed by atoms with Crippen molar-refractivity contribution in [3.05, 3.63) is 28.8 Å². The van der Waals surface area contributed by atoms with Crippen molar-refractivity contribution in [3.8, 4) is 0 Å². The number of carbonyl (C=O) groups excluding carboxylic acids is 1. The van der Waals surface area contributed by atoms with Crippen molar-refractivity contribution >= 4 is 29.2 Å². The van der Waals surface area contributed by atoms with Crippen LogP contribution in [0.25, 0.3) is 0 Å². The van der Waals surface area contributed by atoms with E-state index in [4.69, 9.17) is 21.4 Å². The van der Waals surface area contributed by atoms with E-state index in [-0.39, 0.29) is 19.0 Å². The van der Waals surface area contributed by atoms with Crippen LogP contribution in [0, 0.1) is 6.92 Å². The fraction of sp³-hybridized carbons (Fsp3) is 0.429. The molecule has 0 radical (unpaired) electrons. The highest BCUT2D eigenvalue weighted by atomic mass is 35.5. The van der Waals surface area contributed by atoms with Crippen LogP contribution in [0.1, 0.15) is 5.56 Å². The van der Waals surface area contributed by atoms with Gasteiger partial charge in [-0.05, 0) is 24.6 Å². The molecule has 0 aliphatic heterocycles. The molecule has 0 aliphatic rings. The SMILES string of the molecule is COCCN(CC(=O)O)CC(=O)Nc1ccc(C)c(Cl)c1. The molecule has 0 spiro atoms. The zero-order valence-electron chi connectivity index (χ0n) is 12.1. The predicted molar refractivity (Wildman–Crippen MR) is 80.8 cm³/mol. The van der Waals surface area contributed by atoms with Gasteiger partial charge in [0.15, 0.2) is 0 Å². The summed E-state index contributed by atoms with van der Waals surface area (Å²) in [4.78, 5) is 24.2. The Bertz CT molecular complexity index is 508. The molecule has 0 saturated heterocycles. The second kappa shape index (κ2) is 8.61. The number of nitrogens with one attached hydrogen (secondary N) is 1. The third-order valence-corrected chi connectivity index (χ3v) is 3.20. The number of benzene rings is 1. The summed E-state index contributed by atoms with van der Waals surface area (Å²) >= 11 is 5.98. The molecule has 1 rings (SSSR count). The van der Waals surface area contributed by atoms with Crippen molar-refractivity contribution in [1.82, 2.24) is 4.90 Å². The highest BCUT2D eigenvalue weighted by molar-refractivity contribution is 6.31. The second-order valence-electron chi connectivity index (χ2n) is 4.61. The largest absolute Gasteiger partial charge is 0.480 e. The van der Waals surface area contributed by atoms with Crippen molar-refractivity contribution < 1.29 is 19.4 Å². The second-order valence-corrected chi connectivity index (χ2v) is 5.02. The quantitative estimate of drug-likeness (QED) is 0.762. The lowest BCUT2D eigenvalue weighted by molar-refractivity contribution is -0.138. The highest BCUT2D eigenvalue weighted by Crippen LogP contribution is 2.19. The molecule has 0 fully saturated rings. The van der Waals surface area contributed by atoms with E-state index in [9.17, 15) is 9.59 Å². The summed E-state index contributed by atoms with van der Waals surface area (Å²) in [6.07, 6.45) is 0. The van der Waals surface area contributed by atoms with Crippen molar-refractivity contribution in [1.29, 1.82) is 0 Å². The van der Waals surface area contributed by atoms with E-state index in [1.165, 1.54) is 12.0 Å². The van der Waals surface area contributed by atoms with Crippen LogP contribution in [0.5, 0.6) is 0 Å². The molecule has 0 bridgehead atoms. The van der Waals surface area contributed by atoms with E-state index in [1.54, 1.807) is 18.2 Å². The molecule has 116 valence electrons. The van der Waals surface area contributed by atoms with Gasteiger partial charge in [0.1, 0.15) is 0 Å². The number of aryl methyl sites for hydroxylation is 1. The van der Waals surface area contributed by atoms with E-state index < -0.39 is 5.97 Å². The Labute approximate surface area is 128 Å². The van der Waals surface area contributed by atoms with Crippen molar-refractivity contribution in [2.24, 2.45) is 0 Å². The standard InChI is InChI=1S/C14H19ClN2O4/c1-10-3-4-11(7-12(10)15)16-13(18)8-17(5-6-21-2)9-14(19)20/h3-4,7H,5-6,8-9H2,1-2H3,(H,16,18)(H,19,20). The van der Waals surface area contributed by atoms with Gasteiger partial charge in [-0.3, -0.25) is 14.5 Å². The number of aliphatic carboxylic acids is 1. The van der Waals surface area contributed by atoms with E-state index in [0.29, 0.717) is 23.9 Å². The summed E-state index contributed by atoms with van der Waals surface area (Å²) in [5.41, 5.74) is 1.50. The maximum absolute atomic E-state index is 11.9. The number of hydrogen-bond acceptors (Lipinski definition) is 4. The molecule has 1 aromatic carbocycles. The van der Waals surface area contributed by atoms with Crippen molar-refractivity contribution in [2.45, 2.75) is 6.92 Å². The highest BCUT2D eigenvalue weighted by Gasteiger charge is 2.14. The van der Waals surface area contributed by atoms with Gasteiger partial charge in [0, 0.05) is 24.4 Å². The van der Waals surface area contributed by atoms with Gasteiger partial charge in [-0.2, -0.15) is 0 Å². The molecule has 0 aliphatic carbocycles. The molecule has 21 heavy (non-hydrogen) atoms. The molecule has 7 heteroatoms. The summed E-state index contributed by atoms with van der Waals surface area (Å²) in [7, 11) is 1.52. The number of ether oxygens (including phenoxy) is 1. The first kappa shape index (κ1) is 17.4. The minimum absolute atomic E-state index is 0.0266. The molecule has 0 atom stereocenters. The Morgan fingerprint density at radius 1 is 1.38 bits per heavy atom. The van der Waals surface area contributed by atoms with E-state index >= 15 is 0 Å². The number of halogens is 1. The molecule has 0 aromatic heterocycles. The third-order valence-electron chi connectivity index (χ3n) is 2.79. The number of carbonyl (C=O) groups is 2. The smallest absolute Gasteiger partial charge is 0.317 e. The lowest BCUT2D eigenvalue weighted by atomic mass is 10.2. The first-order valence-corrected chi connectivity index (χ1v) is 6.79. The minimum Gasteiger partial charge on any atom is -0.480 e. The first-order chi connectivity index (χ1) is 9.92. The van der Waals surface area contributed by atoms with Gasteiger partial charge in [0.2, 0.25) is 5.91 Å².